The molecule has 2 fully saturated rings. The number of ether oxygens (including phenoxy) is 1. The minimum Gasteiger partial charge on any atom is -0.492 e. The predicted octanol–water partition coefficient (Wildman–Crippen LogP) is 4.32. The number of rotatable bonds is 5. The maximum absolute atomic E-state index is 13.0. The van der Waals surface area contributed by atoms with Gasteiger partial charge in [0.2, 0.25) is 0 Å². The highest BCUT2D eigenvalue weighted by Crippen LogP contribution is 2.33. The van der Waals surface area contributed by atoms with Gasteiger partial charge in [-0.3, -0.25) is 9.69 Å². The lowest BCUT2D eigenvalue weighted by molar-refractivity contribution is -0.137. The summed E-state index contributed by atoms with van der Waals surface area (Å²) in [5.74, 6) is 0.861. The summed E-state index contributed by atoms with van der Waals surface area (Å²) >= 11 is 0. The zero-order valence-corrected chi connectivity index (χ0v) is 16.6. The Balaban J connectivity index is 1.38. The smallest absolute Gasteiger partial charge is 0.416 e. The highest BCUT2D eigenvalue weighted by atomic mass is 19.4. The average molecular weight is 418 g/mol. The lowest BCUT2D eigenvalue weighted by Crippen LogP contribution is -2.46. The Morgan fingerprint density at radius 1 is 1.07 bits per heavy atom. The van der Waals surface area contributed by atoms with Crippen LogP contribution in [0.25, 0.3) is 0 Å². The summed E-state index contributed by atoms with van der Waals surface area (Å²) in [6.45, 7) is 3.42. The highest BCUT2D eigenvalue weighted by molar-refractivity contribution is 5.94. The number of benzene rings is 2. The highest BCUT2D eigenvalue weighted by Gasteiger charge is 2.41. The summed E-state index contributed by atoms with van der Waals surface area (Å²) in [5.41, 5.74) is -0.688. The molecular formula is C23H25F3N2O2. The van der Waals surface area contributed by atoms with Gasteiger partial charge in [-0.25, -0.2) is 0 Å². The van der Waals surface area contributed by atoms with E-state index >= 15 is 0 Å². The van der Waals surface area contributed by atoms with Crippen LogP contribution < -0.4 is 4.74 Å². The number of carbonyl (C=O) groups excluding carboxylic acids is 1. The molecule has 2 heterocycles. The fourth-order valence-corrected chi connectivity index (χ4v) is 4.53. The van der Waals surface area contributed by atoms with E-state index in [4.69, 9.17) is 4.74 Å². The van der Waals surface area contributed by atoms with Crippen LogP contribution in [0.4, 0.5) is 13.2 Å². The summed E-state index contributed by atoms with van der Waals surface area (Å²) in [4.78, 5) is 17.0. The molecule has 7 heteroatoms. The third kappa shape index (κ3) is 4.61. The molecular weight excluding hydrogens is 393 g/mol. The van der Waals surface area contributed by atoms with E-state index in [0.717, 1.165) is 43.8 Å². The predicted molar refractivity (Wildman–Crippen MR) is 107 cm³/mol. The second kappa shape index (κ2) is 8.68. The number of nitrogens with zero attached hydrogens (tertiary/aromatic N) is 2. The van der Waals surface area contributed by atoms with Gasteiger partial charge >= 0.3 is 6.18 Å². The van der Waals surface area contributed by atoms with Gasteiger partial charge in [0.05, 0.1) is 5.56 Å². The fourth-order valence-electron chi connectivity index (χ4n) is 4.53. The van der Waals surface area contributed by atoms with Crippen molar-refractivity contribution in [3.63, 3.8) is 0 Å². The first-order chi connectivity index (χ1) is 14.4. The monoisotopic (exact) mass is 418 g/mol. The van der Waals surface area contributed by atoms with Crippen molar-refractivity contribution in [3.05, 3.63) is 65.7 Å². The van der Waals surface area contributed by atoms with Gasteiger partial charge in [-0.15, -0.1) is 0 Å². The van der Waals surface area contributed by atoms with Crippen LogP contribution in [-0.4, -0.2) is 54.5 Å². The van der Waals surface area contributed by atoms with Gasteiger partial charge in [0.1, 0.15) is 12.4 Å². The summed E-state index contributed by atoms with van der Waals surface area (Å²) in [6.07, 6.45) is -2.37. The molecule has 0 N–H and O–H groups in total. The number of fused-ring (bicyclic) bond motifs is 1. The van der Waals surface area contributed by atoms with Gasteiger partial charge in [0.15, 0.2) is 0 Å². The Morgan fingerprint density at radius 2 is 1.87 bits per heavy atom. The lowest BCUT2D eigenvalue weighted by atomic mass is 9.92. The van der Waals surface area contributed by atoms with E-state index in [9.17, 15) is 18.0 Å². The van der Waals surface area contributed by atoms with E-state index in [1.807, 2.05) is 30.3 Å². The van der Waals surface area contributed by atoms with E-state index < -0.39 is 11.7 Å². The molecule has 0 bridgehead atoms. The Labute approximate surface area is 174 Å². The average Bonchev–Trinajstić information content (AvgIpc) is 3.19. The topological polar surface area (TPSA) is 32.8 Å². The molecule has 2 aliphatic rings. The largest absolute Gasteiger partial charge is 0.492 e. The number of hydrogen-bond donors (Lipinski definition) is 0. The zero-order valence-electron chi connectivity index (χ0n) is 16.6. The molecule has 0 saturated carbocycles. The number of hydrogen-bond acceptors (Lipinski definition) is 3. The Bertz CT molecular complexity index is 872. The normalized spacial score (nSPS) is 22.0. The van der Waals surface area contributed by atoms with Crippen LogP contribution in [0.2, 0.25) is 0 Å². The molecule has 4 nitrogen and oxygen atoms in total. The number of halogens is 3. The van der Waals surface area contributed by atoms with E-state index in [1.165, 1.54) is 12.1 Å². The molecule has 2 aromatic carbocycles. The van der Waals surface area contributed by atoms with E-state index in [-0.39, 0.29) is 17.5 Å². The first-order valence-electron chi connectivity index (χ1n) is 10.3. The molecule has 0 spiro atoms. The Kier molecular flexibility index (Phi) is 5.99. The van der Waals surface area contributed by atoms with Crippen LogP contribution in [-0.2, 0) is 6.18 Å². The van der Waals surface area contributed by atoms with E-state index in [2.05, 4.69) is 4.90 Å². The van der Waals surface area contributed by atoms with Crippen LogP contribution in [0.3, 0.4) is 0 Å². The van der Waals surface area contributed by atoms with Crippen molar-refractivity contribution in [3.8, 4) is 5.75 Å². The molecule has 4 rings (SSSR count). The number of piperidine rings is 1. The minimum absolute atomic E-state index is 0.0995. The number of para-hydroxylation sites is 1. The third-order valence-corrected chi connectivity index (χ3v) is 6.01. The van der Waals surface area contributed by atoms with Crippen molar-refractivity contribution in [2.45, 2.75) is 25.1 Å². The molecule has 1 amide bonds. The number of carbonyl (C=O) groups is 1. The van der Waals surface area contributed by atoms with Crippen molar-refractivity contribution in [1.82, 2.24) is 9.80 Å². The third-order valence-electron chi connectivity index (χ3n) is 6.01. The molecule has 0 radical (unpaired) electrons. The fraction of sp³-hybridized carbons (Fsp3) is 0.435. The van der Waals surface area contributed by atoms with Gasteiger partial charge in [0, 0.05) is 31.2 Å². The van der Waals surface area contributed by atoms with Crippen molar-refractivity contribution < 1.29 is 22.7 Å². The van der Waals surface area contributed by atoms with Gasteiger partial charge < -0.3 is 9.64 Å². The van der Waals surface area contributed by atoms with E-state index in [0.29, 0.717) is 25.6 Å². The summed E-state index contributed by atoms with van der Waals surface area (Å²) in [7, 11) is 0. The van der Waals surface area contributed by atoms with Gasteiger partial charge in [-0.1, -0.05) is 24.3 Å². The molecule has 30 heavy (non-hydrogen) atoms. The van der Waals surface area contributed by atoms with Crippen molar-refractivity contribution in [2.24, 2.45) is 5.92 Å². The van der Waals surface area contributed by atoms with Crippen LogP contribution in [0, 0.1) is 5.92 Å². The van der Waals surface area contributed by atoms with Gasteiger partial charge in [-0.2, -0.15) is 13.2 Å². The standard InChI is InChI=1S/C23H25F3N2O2/c24-23(25,26)19-8-4-6-17(14-19)22(29)28-15-18-7-5-11-27(21(18)16-28)12-13-30-20-9-2-1-3-10-20/h1-4,6,8-10,14,18,21H,5,7,11-13,15-16H2/t18-,21+/m1/s1. The second-order valence-electron chi connectivity index (χ2n) is 7.96. The number of likely N-dealkylation sites (tertiary alicyclic amines) is 2. The molecule has 2 atom stereocenters. The maximum atomic E-state index is 13.0. The molecule has 2 saturated heterocycles. The maximum Gasteiger partial charge on any atom is 0.416 e. The second-order valence-corrected chi connectivity index (χ2v) is 7.96. The molecule has 0 aliphatic carbocycles. The van der Waals surface area contributed by atoms with E-state index in [1.54, 1.807) is 4.90 Å². The Morgan fingerprint density at radius 3 is 2.63 bits per heavy atom. The molecule has 0 aromatic heterocycles. The van der Waals surface area contributed by atoms with Crippen LogP contribution in [0.1, 0.15) is 28.8 Å². The van der Waals surface area contributed by atoms with Crippen LogP contribution in [0.15, 0.2) is 54.6 Å². The number of alkyl halides is 3. The minimum atomic E-state index is -4.45. The summed E-state index contributed by atoms with van der Waals surface area (Å²) in [5, 5.41) is 0. The van der Waals surface area contributed by atoms with Gasteiger partial charge in [-0.05, 0) is 55.6 Å². The molecule has 0 unspecified atom stereocenters. The van der Waals surface area contributed by atoms with Crippen LogP contribution in [0.5, 0.6) is 5.75 Å². The molecule has 2 aliphatic heterocycles. The van der Waals surface area contributed by atoms with Crippen molar-refractivity contribution in [2.75, 3.05) is 32.8 Å². The lowest BCUT2D eigenvalue weighted by Gasteiger charge is -2.36. The molecule has 160 valence electrons. The van der Waals surface area contributed by atoms with Gasteiger partial charge in [0.25, 0.3) is 5.91 Å². The molecule has 2 aromatic rings. The first-order valence-corrected chi connectivity index (χ1v) is 10.3. The summed E-state index contributed by atoms with van der Waals surface area (Å²) in [6, 6.07) is 14.6. The Hall–Kier alpha value is -2.54. The van der Waals surface area contributed by atoms with Crippen LogP contribution >= 0.6 is 0 Å². The SMILES string of the molecule is O=C(c1cccc(C(F)(F)F)c1)N1C[C@H]2CCCN(CCOc3ccccc3)[C@H]2C1. The number of amides is 1. The summed E-state index contributed by atoms with van der Waals surface area (Å²) < 4.78 is 44.8. The van der Waals surface area contributed by atoms with Crippen molar-refractivity contribution >= 4 is 5.91 Å². The first kappa shape index (κ1) is 20.7. The zero-order chi connectivity index (χ0) is 21.1. The quantitative estimate of drug-likeness (QED) is 0.725. The van der Waals surface area contributed by atoms with Crippen molar-refractivity contribution in [1.29, 1.82) is 0 Å².